The molecule has 0 aromatic heterocycles. The van der Waals surface area contributed by atoms with E-state index in [2.05, 4.69) is 37.2 Å². The molecule has 0 aliphatic rings. The Labute approximate surface area is 153 Å². The minimum atomic E-state index is -0.183. The summed E-state index contributed by atoms with van der Waals surface area (Å²) in [6.07, 6.45) is 3.23. The number of hydrogen-bond donors (Lipinski definition) is 1. The number of carbonyl (C=O) groups is 1. The first-order valence-electron chi connectivity index (χ1n) is 7.00. The average Bonchev–Trinajstić information content (AvgIpc) is 2.48. The van der Waals surface area contributed by atoms with E-state index in [1.165, 1.54) is 6.08 Å². The van der Waals surface area contributed by atoms with Gasteiger partial charge in [0.05, 0.1) is 11.6 Å². The summed E-state index contributed by atoms with van der Waals surface area (Å²) in [5.41, 5.74) is 3.76. The number of amides is 1. The molecular formula is C18H17Br2NO2. The number of ether oxygens (including phenoxy) is 1. The zero-order valence-electron chi connectivity index (χ0n) is 13.1. The maximum absolute atomic E-state index is 12.2. The normalized spacial score (nSPS) is 10.8. The molecule has 0 fully saturated rings. The van der Waals surface area contributed by atoms with E-state index in [-0.39, 0.29) is 5.91 Å². The molecule has 1 N–H and O–H groups in total. The highest BCUT2D eigenvalue weighted by Gasteiger charge is 2.08. The van der Waals surface area contributed by atoms with Gasteiger partial charge in [-0.1, -0.05) is 28.1 Å². The van der Waals surface area contributed by atoms with Crippen molar-refractivity contribution in [3.8, 4) is 5.75 Å². The van der Waals surface area contributed by atoms with E-state index in [1.807, 2.05) is 44.2 Å². The van der Waals surface area contributed by atoms with Crippen LogP contribution in [-0.2, 0) is 4.79 Å². The van der Waals surface area contributed by atoms with Gasteiger partial charge in [0.2, 0.25) is 5.91 Å². The van der Waals surface area contributed by atoms with Crippen molar-refractivity contribution in [3.05, 3.63) is 62.0 Å². The summed E-state index contributed by atoms with van der Waals surface area (Å²) in [5.74, 6) is 0.501. The van der Waals surface area contributed by atoms with Crippen LogP contribution in [-0.4, -0.2) is 13.0 Å². The maximum Gasteiger partial charge on any atom is 0.248 e. The maximum atomic E-state index is 12.2. The molecule has 3 nitrogen and oxygen atoms in total. The third-order valence-corrected chi connectivity index (χ3v) is 4.35. The summed E-state index contributed by atoms with van der Waals surface area (Å²) in [7, 11) is 1.60. The number of rotatable bonds is 4. The molecule has 0 saturated carbocycles. The Morgan fingerprint density at radius 2 is 1.91 bits per heavy atom. The number of nitrogens with one attached hydrogen (secondary N) is 1. The predicted molar refractivity (Wildman–Crippen MR) is 102 cm³/mol. The summed E-state index contributed by atoms with van der Waals surface area (Å²) in [6.45, 7) is 3.96. The van der Waals surface area contributed by atoms with Gasteiger partial charge < -0.3 is 10.1 Å². The van der Waals surface area contributed by atoms with Gasteiger partial charge in [0.15, 0.2) is 0 Å². The van der Waals surface area contributed by atoms with Gasteiger partial charge in [0, 0.05) is 21.8 Å². The predicted octanol–water partition coefficient (Wildman–Crippen LogP) is 5.49. The molecule has 23 heavy (non-hydrogen) atoms. The van der Waals surface area contributed by atoms with Crippen LogP contribution in [0.5, 0.6) is 5.75 Å². The van der Waals surface area contributed by atoms with E-state index in [4.69, 9.17) is 4.74 Å². The van der Waals surface area contributed by atoms with Gasteiger partial charge in [0.1, 0.15) is 5.75 Å². The van der Waals surface area contributed by atoms with Gasteiger partial charge in [-0.3, -0.25) is 4.79 Å². The molecule has 0 aliphatic carbocycles. The van der Waals surface area contributed by atoms with Crippen molar-refractivity contribution in [1.29, 1.82) is 0 Å². The van der Waals surface area contributed by atoms with Crippen LogP contribution in [0.15, 0.2) is 45.4 Å². The molecule has 0 aliphatic heterocycles. The van der Waals surface area contributed by atoms with Crippen LogP contribution in [0.25, 0.3) is 6.08 Å². The topological polar surface area (TPSA) is 38.3 Å². The lowest BCUT2D eigenvalue weighted by Crippen LogP contribution is -2.09. The van der Waals surface area contributed by atoms with Crippen molar-refractivity contribution in [1.82, 2.24) is 0 Å². The first kappa shape index (κ1) is 17.8. The molecule has 120 valence electrons. The summed E-state index contributed by atoms with van der Waals surface area (Å²) < 4.78 is 7.09. The van der Waals surface area contributed by atoms with Crippen molar-refractivity contribution in [2.24, 2.45) is 0 Å². The van der Waals surface area contributed by atoms with Crippen LogP contribution >= 0.6 is 31.9 Å². The fourth-order valence-electron chi connectivity index (χ4n) is 2.13. The van der Waals surface area contributed by atoms with E-state index in [9.17, 15) is 4.79 Å². The van der Waals surface area contributed by atoms with E-state index in [0.717, 1.165) is 31.3 Å². The summed E-state index contributed by atoms with van der Waals surface area (Å²) >= 11 is 6.88. The Hall–Kier alpha value is -1.59. The van der Waals surface area contributed by atoms with Crippen molar-refractivity contribution in [2.75, 3.05) is 12.4 Å². The van der Waals surface area contributed by atoms with Gasteiger partial charge in [-0.15, -0.1) is 0 Å². The molecule has 0 heterocycles. The van der Waals surface area contributed by atoms with Crippen LogP contribution in [0.3, 0.4) is 0 Å². The lowest BCUT2D eigenvalue weighted by Gasteiger charge is -2.09. The Morgan fingerprint density at radius 1 is 1.17 bits per heavy atom. The highest BCUT2D eigenvalue weighted by molar-refractivity contribution is 9.11. The molecule has 2 rings (SSSR count). The van der Waals surface area contributed by atoms with Gasteiger partial charge in [0.25, 0.3) is 0 Å². The smallest absolute Gasteiger partial charge is 0.248 e. The minimum absolute atomic E-state index is 0.183. The SMILES string of the molecule is COc1c(Br)cc(Br)cc1/C=C/C(=O)Nc1cc(C)ccc1C. The van der Waals surface area contributed by atoms with Crippen LogP contribution in [0.2, 0.25) is 0 Å². The first-order valence-corrected chi connectivity index (χ1v) is 8.58. The monoisotopic (exact) mass is 437 g/mol. The quantitative estimate of drug-likeness (QED) is 0.641. The number of methoxy groups -OCH3 is 1. The second-order valence-corrected chi connectivity index (χ2v) is 6.92. The Morgan fingerprint density at radius 3 is 2.61 bits per heavy atom. The van der Waals surface area contributed by atoms with Gasteiger partial charge in [-0.2, -0.15) is 0 Å². The highest BCUT2D eigenvalue weighted by atomic mass is 79.9. The van der Waals surface area contributed by atoms with E-state index < -0.39 is 0 Å². The second-order valence-electron chi connectivity index (χ2n) is 5.15. The summed E-state index contributed by atoms with van der Waals surface area (Å²) in [5, 5.41) is 2.90. The van der Waals surface area contributed by atoms with Gasteiger partial charge in [-0.25, -0.2) is 0 Å². The molecule has 0 saturated heterocycles. The molecule has 5 heteroatoms. The lowest BCUT2D eigenvalue weighted by molar-refractivity contribution is -0.111. The third-order valence-electron chi connectivity index (χ3n) is 3.31. The van der Waals surface area contributed by atoms with E-state index in [0.29, 0.717) is 5.75 Å². The van der Waals surface area contributed by atoms with Crippen molar-refractivity contribution in [3.63, 3.8) is 0 Å². The molecule has 0 spiro atoms. The summed E-state index contributed by atoms with van der Waals surface area (Å²) in [6, 6.07) is 9.75. The van der Waals surface area contributed by atoms with E-state index in [1.54, 1.807) is 13.2 Å². The number of anilines is 1. The molecular weight excluding hydrogens is 422 g/mol. The number of halogens is 2. The van der Waals surface area contributed by atoms with Crippen molar-refractivity contribution >= 4 is 49.5 Å². The van der Waals surface area contributed by atoms with Crippen LogP contribution in [0.4, 0.5) is 5.69 Å². The third kappa shape index (κ3) is 4.69. The fourth-order valence-corrected chi connectivity index (χ4v) is 3.55. The average molecular weight is 439 g/mol. The zero-order valence-corrected chi connectivity index (χ0v) is 16.3. The molecule has 2 aromatic rings. The fraction of sp³-hybridized carbons (Fsp3) is 0.167. The van der Waals surface area contributed by atoms with Gasteiger partial charge in [-0.05, 0) is 65.2 Å². The zero-order chi connectivity index (χ0) is 17.0. The lowest BCUT2D eigenvalue weighted by atomic mass is 10.1. The molecule has 0 radical (unpaired) electrons. The molecule has 0 atom stereocenters. The molecule has 2 aromatic carbocycles. The highest BCUT2D eigenvalue weighted by Crippen LogP contribution is 2.33. The second kappa shape index (κ2) is 7.79. The number of benzene rings is 2. The Kier molecular flexibility index (Phi) is 6.02. The van der Waals surface area contributed by atoms with Gasteiger partial charge >= 0.3 is 0 Å². The Bertz CT molecular complexity index is 770. The van der Waals surface area contributed by atoms with E-state index >= 15 is 0 Å². The van der Waals surface area contributed by atoms with Crippen LogP contribution in [0.1, 0.15) is 16.7 Å². The van der Waals surface area contributed by atoms with Crippen molar-refractivity contribution in [2.45, 2.75) is 13.8 Å². The van der Waals surface area contributed by atoms with Crippen LogP contribution in [0, 0.1) is 13.8 Å². The molecule has 0 unspecified atom stereocenters. The number of hydrogen-bond acceptors (Lipinski definition) is 2. The standard InChI is InChI=1S/C18H17Br2NO2/c1-11-4-5-12(2)16(8-11)21-17(22)7-6-13-9-14(19)10-15(20)18(13)23-3/h4-10H,1-3H3,(H,21,22)/b7-6+. The van der Waals surface area contributed by atoms with Crippen LogP contribution < -0.4 is 10.1 Å². The number of carbonyl (C=O) groups excluding carboxylic acids is 1. The first-order chi connectivity index (χ1) is 10.9. The largest absolute Gasteiger partial charge is 0.495 e. The van der Waals surface area contributed by atoms with Crippen molar-refractivity contribution < 1.29 is 9.53 Å². The summed E-state index contributed by atoms with van der Waals surface area (Å²) in [4.78, 5) is 12.2. The molecule has 1 amide bonds. The molecule has 0 bridgehead atoms. The minimum Gasteiger partial charge on any atom is -0.495 e. The Balaban J connectivity index is 2.20. The number of aryl methyl sites for hydroxylation is 2.